The van der Waals surface area contributed by atoms with E-state index in [1.165, 1.54) is 6.07 Å². The predicted octanol–water partition coefficient (Wildman–Crippen LogP) is 3.49. The summed E-state index contributed by atoms with van der Waals surface area (Å²) in [7, 11) is 0. The smallest absolute Gasteiger partial charge is 0.312 e. The van der Waals surface area contributed by atoms with Crippen molar-refractivity contribution in [2.24, 2.45) is 5.41 Å². The molecule has 2 rings (SSSR count). The highest BCUT2D eigenvalue weighted by atomic mass is 79.9. The molecule has 0 amide bonds. The SMILES string of the molecule is CCC1(C)C(=O)CC1Oc1c(Br)cccc1[N+](=O)[O-]. The number of benzene rings is 1. The van der Waals surface area contributed by atoms with Crippen molar-refractivity contribution in [2.45, 2.75) is 32.8 Å². The molecule has 0 N–H and O–H groups in total. The second-order valence-electron chi connectivity index (χ2n) is 4.85. The third-order valence-corrected chi connectivity index (χ3v) is 4.48. The lowest BCUT2D eigenvalue weighted by Crippen LogP contribution is -2.54. The number of ether oxygens (including phenoxy) is 1. The van der Waals surface area contributed by atoms with Crippen LogP contribution < -0.4 is 4.74 Å². The number of nitro groups is 1. The van der Waals surface area contributed by atoms with E-state index in [1.54, 1.807) is 12.1 Å². The Labute approximate surface area is 119 Å². The first-order valence-corrected chi connectivity index (χ1v) is 6.82. The van der Waals surface area contributed by atoms with Crippen LogP contribution >= 0.6 is 15.9 Å². The van der Waals surface area contributed by atoms with Crippen molar-refractivity contribution in [1.29, 1.82) is 0 Å². The average molecular weight is 328 g/mol. The van der Waals surface area contributed by atoms with E-state index >= 15 is 0 Å². The van der Waals surface area contributed by atoms with E-state index < -0.39 is 10.3 Å². The molecule has 1 aromatic carbocycles. The van der Waals surface area contributed by atoms with Gasteiger partial charge >= 0.3 is 5.69 Å². The quantitative estimate of drug-likeness (QED) is 0.627. The second-order valence-corrected chi connectivity index (χ2v) is 5.70. The van der Waals surface area contributed by atoms with Gasteiger partial charge in [0, 0.05) is 12.5 Å². The summed E-state index contributed by atoms with van der Waals surface area (Å²) < 4.78 is 6.27. The summed E-state index contributed by atoms with van der Waals surface area (Å²) in [5.74, 6) is 0.347. The molecule has 0 aliphatic heterocycles. The topological polar surface area (TPSA) is 69.4 Å². The first-order chi connectivity index (χ1) is 8.90. The van der Waals surface area contributed by atoms with Crippen LogP contribution in [0.4, 0.5) is 5.69 Å². The molecule has 0 spiro atoms. The molecule has 6 heteroatoms. The number of hydrogen-bond acceptors (Lipinski definition) is 4. The molecule has 102 valence electrons. The monoisotopic (exact) mass is 327 g/mol. The predicted molar refractivity (Wildman–Crippen MR) is 73.2 cm³/mol. The van der Waals surface area contributed by atoms with Gasteiger partial charge in [-0.25, -0.2) is 0 Å². The van der Waals surface area contributed by atoms with Crippen molar-refractivity contribution >= 4 is 27.4 Å². The Morgan fingerprint density at radius 3 is 2.79 bits per heavy atom. The van der Waals surface area contributed by atoms with Crippen molar-refractivity contribution in [3.8, 4) is 5.75 Å². The molecular weight excluding hydrogens is 314 g/mol. The zero-order chi connectivity index (χ0) is 14.2. The van der Waals surface area contributed by atoms with Crippen LogP contribution in [0.1, 0.15) is 26.7 Å². The van der Waals surface area contributed by atoms with Gasteiger partial charge in [-0.2, -0.15) is 0 Å². The first-order valence-electron chi connectivity index (χ1n) is 6.03. The van der Waals surface area contributed by atoms with Gasteiger partial charge in [-0.1, -0.05) is 13.0 Å². The summed E-state index contributed by atoms with van der Waals surface area (Å²) in [5.41, 5.74) is -0.629. The molecule has 2 unspecified atom stereocenters. The summed E-state index contributed by atoms with van der Waals surface area (Å²) in [4.78, 5) is 22.2. The summed E-state index contributed by atoms with van der Waals surface area (Å²) in [6, 6.07) is 4.66. The molecule has 0 bridgehead atoms. The number of carbonyl (C=O) groups is 1. The van der Waals surface area contributed by atoms with Crippen LogP contribution in [0.25, 0.3) is 0 Å². The van der Waals surface area contributed by atoms with Crippen molar-refractivity contribution in [2.75, 3.05) is 0 Å². The highest BCUT2D eigenvalue weighted by molar-refractivity contribution is 9.10. The number of ketones is 1. The van der Waals surface area contributed by atoms with E-state index in [0.29, 0.717) is 17.3 Å². The van der Waals surface area contributed by atoms with Crippen LogP contribution in [0, 0.1) is 15.5 Å². The first kappa shape index (κ1) is 14.0. The van der Waals surface area contributed by atoms with Crippen LogP contribution in [0.5, 0.6) is 5.75 Å². The molecule has 0 saturated heterocycles. The average Bonchev–Trinajstić information content (AvgIpc) is 2.38. The van der Waals surface area contributed by atoms with Gasteiger partial charge in [-0.15, -0.1) is 0 Å². The zero-order valence-corrected chi connectivity index (χ0v) is 12.3. The molecule has 1 fully saturated rings. The molecule has 2 atom stereocenters. The van der Waals surface area contributed by atoms with Crippen LogP contribution in [0.3, 0.4) is 0 Å². The fraction of sp³-hybridized carbons (Fsp3) is 0.462. The van der Waals surface area contributed by atoms with E-state index in [2.05, 4.69) is 15.9 Å². The minimum Gasteiger partial charge on any atom is -0.481 e. The fourth-order valence-corrected chi connectivity index (χ4v) is 2.62. The molecule has 19 heavy (non-hydrogen) atoms. The molecule has 1 aliphatic rings. The zero-order valence-electron chi connectivity index (χ0n) is 10.7. The van der Waals surface area contributed by atoms with Gasteiger partial charge in [0.05, 0.1) is 14.8 Å². The van der Waals surface area contributed by atoms with Crippen LogP contribution in [-0.2, 0) is 4.79 Å². The Morgan fingerprint density at radius 2 is 2.26 bits per heavy atom. The molecule has 1 aliphatic carbocycles. The molecule has 0 heterocycles. The van der Waals surface area contributed by atoms with Crippen molar-refractivity contribution in [3.05, 3.63) is 32.8 Å². The summed E-state index contributed by atoms with van der Waals surface area (Å²) in [6.45, 7) is 3.76. The minimum atomic E-state index is -0.539. The molecule has 1 aromatic rings. The number of Topliss-reactive ketones (excluding diaryl/α,β-unsaturated/α-hetero) is 1. The summed E-state index contributed by atoms with van der Waals surface area (Å²) in [5, 5.41) is 11.0. The summed E-state index contributed by atoms with van der Waals surface area (Å²) in [6.07, 6.45) is 0.666. The van der Waals surface area contributed by atoms with Crippen molar-refractivity contribution in [3.63, 3.8) is 0 Å². The molecule has 5 nitrogen and oxygen atoms in total. The maximum atomic E-state index is 11.7. The van der Waals surface area contributed by atoms with Gasteiger partial charge < -0.3 is 4.74 Å². The number of halogens is 1. The second kappa shape index (κ2) is 4.92. The van der Waals surface area contributed by atoms with E-state index in [0.717, 1.165) is 0 Å². The number of nitrogens with zero attached hydrogens (tertiary/aromatic N) is 1. The Balaban J connectivity index is 2.30. The standard InChI is InChI=1S/C13H14BrNO4/c1-3-13(2)10(16)7-11(13)19-12-8(14)5-4-6-9(12)15(17)18/h4-6,11H,3,7H2,1-2H3. The van der Waals surface area contributed by atoms with Crippen LogP contribution in [0.2, 0.25) is 0 Å². The number of hydrogen-bond donors (Lipinski definition) is 0. The number of carbonyl (C=O) groups excluding carboxylic acids is 1. The number of nitro benzene ring substituents is 1. The van der Waals surface area contributed by atoms with E-state index in [-0.39, 0.29) is 23.3 Å². The maximum absolute atomic E-state index is 11.7. The van der Waals surface area contributed by atoms with Crippen molar-refractivity contribution in [1.82, 2.24) is 0 Å². The van der Waals surface area contributed by atoms with Gasteiger partial charge in [-0.3, -0.25) is 14.9 Å². The lowest BCUT2D eigenvalue weighted by molar-refractivity contribution is -0.386. The minimum absolute atomic E-state index is 0.0906. The fourth-order valence-electron chi connectivity index (χ4n) is 2.17. The molecule has 0 aromatic heterocycles. The maximum Gasteiger partial charge on any atom is 0.312 e. The van der Waals surface area contributed by atoms with Crippen molar-refractivity contribution < 1.29 is 14.5 Å². The van der Waals surface area contributed by atoms with Crippen LogP contribution in [-0.4, -0.2) is 16.8 Å². The largest absolute Gasteiger partial charge is 0.481 e. The lowest BCUT2D eigenvalue weighted by atomic mass is 9.64. The molecule has 0 radical (unpaired) electrons. The third-order valence-electron chi connectivity index (χ3n) is 3.86. The van der Waals surface area contributed by atoms with E-state index in [4.69, 9.17) is 4.74 Å². The van der Waals surface area contributed by atoms with Crippen LogP contribution in [0.15, 0.2) is 22.7 Å². The Hall–Kier alpha value is -1.43. The Morgan fingerprint density at radius 1 is 1.58 bits per heavy atom. The molecular formula is C13H14BrNO4. The number of para-hydroxylation sites is 1. The van der Waals surface area contributed by atoms with Gasteiger partial charge in [0.25, 0.3) is 0 Å². The Bertz CT molecular complexity index is 545. The molecule has 1 saturated carbocycles. The van der Waals surface area contributed by atoms with Gasteiger partial charge in [0.15, 0.2) is 0 Å². The van der Waals surface area contributed by atoms with E-state index in [1.807, 2.05) is 13.8 Å². The Kier molecular flexibility index (Phi) is 3.62. The highest BCUT2D eigenvalue weighted by Crippen LogP contribution is 2.45. The van der Waals surface area contributed by atoms with Gasteiger partial charge in [0.2, 0.25) is 5.75 Å². The van der Waals surface area contributed by atoms with Gasteiger partial charge in [-0.05, 0) is 35.3 Å². The van der Waals surface area contributed by atoms with E-state index in [9.17, 15) is 14.9 Å². The normalized spacial score (nSPS) is 25.8. The lowest BCUT2D eigenvalue weighted by Gasteiger charge is -2.44. The highest BCUT2D eigenvalue weighted by Gasteiger charge is 2.52. The van der Waals surface area contributed by atoms with Gasteiger partial charge in [0.1, 0.15) is 11.9 Å². The third kappa shape index (κ3) is 2.25. The number of rotatable bonds is 4. The summed E-state index contributed by atoms with van der Waals surface area (Å²) >= 11 is 3.26.